The van der Waals surface area contributed by atoms with E-state index in [0.29, 0.717) is 0 Å². The Morgan fingerprint density at radius 2 is 2.00 bits per heavy atom. The summed E-state index contributed by atoms with van der Waals surface area (Å²) in [5.74, 6) is 0. The Morgan fingerprint density at radius 1 is 1.18 bits per heavy atom. The van der Waals surface area contributed by atoms with Gasteiger partial charge in [0.05, 0.1) is 0 Å². The van der Waals surface area contributed by atoms with E-state index in [1.165, 1.54) is 32.5 Å². The molecule has 0 aromatic rings. The molecule has 0 aliphatic carbocycles. The molecule has 64 valence electrons. The molecule has 0 amide bonds. The average Bonchev–Trinajstić information content (AvgIpc) is 2.32. The fourth-order valence-corrected chi connectivity index (χ4v) is 2.46. The molecule has 2 nitrogen and oxygen atoms in total. The molecular formula is C9H18N2. The number of fused-ring (bicyclic) bond motifs is 1. The first-order valence-electron chi connectivity index (χ1n) is 4.71. The highest BCUT2D eigenvalue weighted by Gasteiger charge is 2.33. The largest absolute Gasteiger partial charge is 0.304 e. The fraction of sp³-hybridized carbons (Fsp3) is 1.00. The lowest BCUT2D eigenvalue weighted by molar-refractivity contribution is 0.0993. The number of piperazine rings is 1. The molecule has 0 radical (unpaired) electrons. The van der Waals surface area contributed by atoms with Crippen molar-refractivity contribution >= 4 is 0 Å². The van der Waals surface area contributed by atoms with E-state index in [1.54, 1.807) is 0 Å². The lowest BCUT2D eigenvalue weighted by Gasteiger charge is -2.37. The van der Waals surface area contributed by atoms with Crippen LogP contribution in [0, 0.1) is 0 Å². The maximum Gasteiger partial charge on any atom is 0.0226 e. The third-order valence-electron chi connectivity index (χ3n) is 3.22. The van der Waals surface area contributed by atoms with Crippen LogP contribution in [0.1, 0.15) is 19.8 Å². The van der Waals surface area contributed by atoms with Crippen molar-refractivity contribution in [3.8, 4) is 0 Å². The van der Waals surface area contributed by atoms with Gasteiger partial charge in [0.25, 0.3) is 0 Å². The number of hydrogen-bond acceptors (Lipinski definition) is 2. The first-order chi connectivity index (χ1) is 5.27. The first kappa shape index (κ1) is 7.56. The van der Waals surface area contributed by atoms with E-state index in [2.05, 4.69) is 23.8 Å². The van der Waals surface area contributed by atoms with Crippen molar-refractivity contribution in [1.29, 1.82) is 0 Å². The van der Waals surface area contributed by atoms with Crippen LogP contribution in [0.15, 0.2) is 0 Å². The fourth-order valence-electron chi connectivity index (χ4n) is 2.46. The molecule has 11 heavy (non-hydrogen) atoms. The van der Waals surface area contributed by atoms with Crippen molar-refractivity contribution in [1.82, 2.24) is 9.80 Å². The van der Waals surface area contributed by atoms with Crippen molar-refractivity contribution in [2.24, 2.45) is 0 Å². The van der Waals surface area contributed by atoms with E-state index in [9.17, 15) is 0 Å². The number of likely N-dealkylation sites (N-methyl/N-ethyl adjacent to an activating group) is 1. The topological polar surface area (TPSA) is 6.48 Å². The van der Waals surface area contributed by atoms with Crippen molar-refractivity contribution < 1.29 is 0 Å². The Kier molecular flexibility index (Phi) is 1.90. The minimum atomic E-state index is 0.855. The second-order valence-corrected chi connectivity index (χ2v) is 4.08. The molecule has 0 aromatic carbocycles. The molecule has 2 rings (SSSR count). The predicted molar refractivity (Wildman–Crippen MR) is 46.7 cm³/mol. The van der Waals surface area contributed by atoms with Gasteiger partial charge in [-0.05, 0) is 26.8 Å². The monoisotopic (exact) mass is 154 g/mol. The Hall–Kier alpha value is -0.0800. The van der Waals surface area contributed by atoms with E-state index in [4.69, 9.17) is 0 Å². The van der Waals surface area contributed by atoms with E-state index < -0.39 is 0 Å². The summed E-state index contributed by atoms with van der Waals surface area (Å²) in [6, 6.07) is 1.73. The Balaban J connectivity index is 2.00. The van der Waals surface area contributed by atoms with Crippen LogP contribution in [0.2, 0.25) is 0 Å². The van der Waals surface area contributed by atoms with E-state index in [0.717, 1.165) is 12.1 Å². The smallest absolute Gasteiger partial charge is 0.0226 e. The summed E-state index contributed by atoms with van der Waals surface area (Å²) in [5.41, 5.74) is 0. The normalized spacial score (nSPS) is 40.9. The van der Waals surface area contributed by atoms with Crippen molar-refractivity contribution in [3.05, 3.63) is 0 Å². The molecule has 0 saturated carbocycles. The zero-order valence-corrected chi connectivity index (χ0v) is 7.58. The minimum Gasteiger partial charge on any atom is -0.304 e. The summed E-state index contributed by atoms with van der Waals surface area (Å²) in [4.78, 5) is 5.14. The molecule has 2 fully saturated rings. The van der Waals surface area contributed by atoms with Gasteiger partial charge in [-0.15, -0.1) is 0 Å². The molecule has 1 unspecified atom stereocenters. The third kappa shape index (κ3) is 1.30. The summed E-state index contributed by atoms with van der Waals surface area (Å²) in [6.07, 6.45) is 2.84. The van der Waals surface area contributed by atoms with Crippen LogP contribution in [0.5, 0.6) is 0 Å². The van der Waals surface area contributed by atoms with Crippen LogP contribution in [-0.4, -0.2) is 48.6 Å². The molecule has 0 aromatic heterocycles. The van der Waals surface area contributed by atoms with Gasteiger partial charge < -0.3 is 4.90 Å². The SMILES string of the molecule is CC1CC[C@@H]2CN(C)CCN12. The molecule has 0 N–H and O–H groups in total. The van der Waals surface area contributed by atoms with Gasteiger partial charge in [0.15, 0.2) is 0 Å². The van der Waals surface area contributed by atoms with Crippen LogP contribution in [0.4, 0.5) is 0 Å². The Bertz CT molecular complexity index is 146. The second-order valence-electron chi connectivity index (χ2n) is 4.08. The summed E-state index contributed by atoms with van der Waals surface area (Å²) < 4.78 is 0. The molecular weight excluding hydrogens is 136 g/mol. The number of hydrogen-bond donors (Lipinski definition) is 0. The summed E-state index contributed by atoms with van der Waals surface area (Å²) >= 11 is 0. The molecule has 2 aliphatic heterocycles. The average molecular weight is 154 g/mol. The van der Waals surface area contributed by atoms with Crippen LogP contribution in [0.25, 0.3) is 0 Å². The van der Waals surface area contributed by atoms with E-state index >= 15 is 0 Å². The highest BCUT2D eigenvalue weighted by Crippen LogP contribution is 2.26. The molecule has 2 atom stereocenters. The zero-order valence-electron chi connectivity index (χ0n) is 7.58. The van der Waals surface area contributed by atoms with Crippen molar-refractivity contribution in [3.63, 3.8) is 0 Å². The number of rotatable bonds is 0. The molecule has 2 aliphatic rings. The van der Waals surface area contributed by atoms with Gasteiger partial charge in [-0.3, -0.25) is 4.90 Å². The van der Waals surface area contributed by atoms with Gasteiger partial charge in [-0.25, -0.2) is 0 Å². The van der Waals surface area contributed by atoms with E-state index in [1.807, 2.05) is 0 Å². The lowest BCUT2D eigenvalue weighted by Crippen LogP contribution is -2.50. The van der Waals surface area contributed by atoms with Crippen molar-refractivity contribution in [2.75, 3.05) is 26.7 Å². The summed E-state index contributed by atoms with van der Waals surface area (Å²) in [7, 11) is 2.24. The molecule has 2 heterocycles. The number of nitrogens with zero attached hydrogens (tertiary/aromatic N) is 2. The minimum absolute atomic E-state index is 0.855. The molecule has 2 heteroatoms. The highest BCUT2D eigenvalue weighted by molar-refractivity contribution is 4.90. The van der Waals surface area contributed by atoms with Gasteiger partial charge in [-0.1, -0.05) is 0 Å². The van der Waals surface area contributed by atoms with Gasteiger partial charge >= 0.3 is 0 Å². The Labute approximate surface area is 69.2 Å². The van der Waals surface area contributed by atoms with Crippen molar-refractivity contribution in [2.45, 2.75) is 31.8 Å². The molecule has 0 spiro atoms. The lowest BCUT2D eigenvalue weighted by atomic mass is 10.2. The predicted octanol–water partition coefficient (Wildman–Crippen LogP) is 0.785. The maximum atomic E-state index is 2.68. The Morgan fingerprint density at radius 3 is 2.82 bits per heavy atom. The quantitative estimate of drug-likeness (QED) is 0.509. The van der Waals surface area contributed by atoms with Crippen LogP contribution in [-0.2, 0) is 0 Å². The molecule has 2 saturated heterocycles. The standard InChI is InChI=1S/C9H18N2/c1-8-3-4-9-7-10(2)5-6-11(8)9/h8-9H,3-7H2,1-2H3/t8?,9-/m1/s1. The summed E-state index contributed by atoms with van der Waals surface area (Å²) in [6.45, 7) is 6.22. The zero-order chi connectivity index (χ0) is 7.84. The van der Waals surface area contributed by atoms with Crippen LogP contribution < -0.4 is 0 Å². The van der Waals surface area contributed by atoms with Crippen LogP contribution in [0.3, 0.4) is 0 Å². The summed E-state index contributed by atoms with van der Waals surface area (Å²) in [5, 5.41) is 0. The van der Waals surface area contributed by atoms with Gasteiger partial charge in [0.2, 0.25) is 0 Å². The van der Waals surface area contributed by atoms with Crippen LogP contribution >= 0.6 is 0 Å². The second kappa shape index (κ2) is 2.76. The first-order valence-corrected chi connectivity index (χ1v) is 4.71. The maximum absolute atomic E-state index is 2.68. The third-order valence-corrected chi connectivity index (χ3v) is 3.22. The van der Waals surface area contributed by atoms with Gasteiger partial charge in [0.1, 0.15) is 0 Å². The van der Waals surface area contributed by atoms with Gasteiger partial charge in [-0.2, -0.15) is 0 Å². The molecule has 0 bridgehead atoms. The van der Waals surface area contributed by atoms with Gasteiger partial charge in [0, 0.05) is 31.7 Å². The highest BCUT2D eigenvalue weighted by atomic mass is 15.3. The van der Waals surface area contributed by atoms with E-state index in [-0.39, 0.29) is 0 Å².